The number of pyridine rings is 1. The Morgan fingerprint density at radius 2 is 1.81 bits per heavy atom. The van der Waals surface area contributed by atoms with E-state index in [4.69, 9.17) is 9.47 Å². The van der Waals surface area contributed by atoms with Gasteiger partial charge < -0.3 is 9.47 Å². The minimum Gasteiger partial charge on any atom is -0.490 e. The number of halogens is 3. The molecule has 0 aliphatic carbocycles. The van der Waals surface area contributed by atoms with E-state index in [0.717, 1.165) is 4.40 Å². The standard InChI is InChI=1S/C22H21F3N2O4/c1-3-31-17-10-7-11-27-19(20(22(23,24)25)26-21(17)27)16(28)12-15(13-18(29)30-2)14-8-5-4-6-9-14/h4-11,15H,3,12-13H2,1-2H3/t15-/m0/s1. The fourth-order valence-electron chi connectivity index (χ4n) is 3.41. The fraction of sp³-hybridized carbons (Fsp3) is 0.318. The first-order chi connectivity index (χ1) is 14.8. The lowest BCUT2D eigenvalue weighted by Gasteiger charge is -2.16. The lowest BCUT2D eigenvalue weighted by atomic mass is 9.89. The first-order valence-electron chi connectivity index (χ1n) is 9.62. The average molecular weight is 434 g/mol. The minimum atomic E-state index is -4.84. The van der Waals surface area contributed by atoms with Gasteiger partial charge in [0.05, 0.1) is 20.1 Å². The average Bonchev–Trinajstić information content (AvgIpc) is 3.15. The minimum absolute atomic E-state index is 0.0933. The number of Topliss-reactive ketones (excluding diaryl/α,β-unsaturated/α-hetero) is 1. The second-order valence-corrected chi connectivity index (χ2v) is 6.82. The number of hydrogen-bond donors (Lipinski definition) is 0. The Bertz CT molecular complexity index is 1080. The number of methoxy groups -OCH3 is 1. The van der Waals surface area contributed by atoms with Crippen LogP contribution in [0.25, 0.3) is 5.65 Å². The summed E-state index contributed by atoms with van der Waals surface area (Å²) in [6.07, 6.45) is -3.97. The summed E-state index contributed by atoms with van der Waals surface area (Å²) in [4.78, 5) is 28.7. The third-order valence-electron chi connectivity index (χ3n) is 4.79. The van der Waals surface area contributed by atoms with Crippen LogP contribution in [0.3, 0.4) is 0 Å². The highest BCUT2D eigenvalue weighted by atomic mass is 19.4. The topological polar surface area (TPSA) is 69.9 Å². The molecule has 31 heavy (non-hydrogen) atoms. The summed E-state index contributed by atoms with van der Waals surface area (Å²) in [5, 5.41) is 0. The number of hydrogen-bond acceptors (Lipinski definition) is 5. The molecule has 3 rings (SSSR count). The van der Waals surface area contributed by atoms with Crippen LogP contribution in [0.1, 0.15) is 47.4 Å². The SMILES string of the molecule is CCOc1cccn2c(C(=O)C[C@@H](CC(=O)OC)c3ccccc3)c(C(F)(F)F)nc12. The van der Waals surface area contributed by atoms with Crippen LogP contribution >= 0.6 is 0 Å². The van der Waals surface area contributed by atoms with Gasteiger partial charge in [-0.25, -0.2) is 4.98 Å². The van der Waals surface area contributed by atoms with E-state index in [1.54, 1.807) is 37.3 Å². The summed E-state index contributed by atoms with van der Waals surface area (Å²) in [5.41, 5.74) is -1.31. The number of carbonyl (C=O) groups is 2. The monoisotopic (exact) mass is 434 g/mol. The molecule has 0 aliphatic rings. The molecule has 0 amide bonds. The number of ether oxygens (including phenoxy) is 2. The molecule has 2 aromatic heterocycles. The molecular weight excluding hydrogens is 413 g/mol. The summed E-state index contributed by atoms with van der Waals surface area (Å²) in [5.74, 6) is -1.85. The second-order valence-electron chi connectivity index (χ2n) is 6.82. The number of nitrogens with zero attached hydrogens (tertiary/aromatic N) is 2. The number of carbonyl (C=O) groups excluding carboxylic acids is 2. The van der Waals surface area contributed by atoms with Gasteiger partial charge in [0.25, 0.3) is 0 Å². The van der Waals surface area contributed by atoms with E-state index in [0.29, 0.717) is 5.56 Å². The Kier molecular flexibility index (Phi) is 6.62. The van der Waals surface area contributed by atoms with Crippen LogP contribution in [0.15, 0.2) is 48.7 Å². The van der Waals surface area contributed by atoms with Gasteiger partial charge >= 0.3 is 12.1 Å². The Morgan fingerprint density at radius 3 is 2.42 bits per heavy atom. The summed E-state index contributed by atoms with van der Waals surface area (Å²) < 4.78 is 52.4. The number of benzene rings is 1. The van der Waals surface area contributed by atoms with Crippen LogP contribution in [-0.4, -0.2) is 34.9 Å². The summed E-state index contributed by atoms with van der Waals surface area (Å²) in [6.45, 7) is 1.92. The van der Waals surface area contributed by atoms with Crippen molar-refractivity contribution in [1.29, 1.82) is 0 Å². The van der Waals surface area contributed by atoms with Crippen molar-refractivity contribution in [2.45, 2.75) is 31.9 Å². The van der Waals surface area contributed by atoms with Gasteiger partial charge in [0.2, 0.25) is 0 Å². The van der Waals surface area contributed by atoms with E-state index in [1.165, 1.54) is 25.4 Å². The molecule has 0 saturated carbocycles. The fourth-order valence-corrected chi connectivity index (χ4v) is 3.41. The van der Waals surface area contributed by atoms with Crippen molar-refractivity contribution in [2.75, 3.05) is 13.7 Å². The van der Waals surface area contributed by atoms with Gasteiger partial charge in [-0.1, -0.05) is 30.3 Å². The molecule has 2 heterocycles. The maximum absolute atomic E-state index is 13.7. The Balaban J connectivity index is 2.07. The molecule has 0 unspecified atom stereocenters. The highest BCUT2D eigenvalue weighted by Crippen LogP contribution is 2.36. The Labute approximate surface area is 176 Å². The van der Waals surface area contributed by atoms with E-state index in [-0.39, 0.29) is 30.8 Å². The van der Waals surface area contributed by atoms with Gasteiger partial charge in [-0.15, -0.1) is 0 Å². The van der Waals surface area contributed by atoms with Crippen molar-refractivity contribution in [3.05, 3.63) is 65.6 Å². The van der Waals surface area contributed by atoms with Gasteiger partial charge in [0.15, 0.2) is 22.9 Å². The van der Waals surface area contributed by atoms with Crippen molar-refractivity contribution < 1.29 is 32.2 Å². The molecule has 9 heteroatoms. The normalized spacial score (nSPS) is 12.5. The van der Waals surface area contributed by atoms with Gasteiger partial charge in [-0.3, -0.25) is 14.0 Å². The van der Waals surface area contributed by atoms with Crippen LogP contribution in [0.2, 0.25) is 0 Å². The van der Waals surface area contributed by atoms with Crippen LogP contribution in [0, 0.1) is 0 Å². The molecule has 0 saturated heterocycles. The number of ketones is 1. The first-order valence-corrected chi connectivity index (χ1v) is 9.62. The molecule has 6 nitrogen and oxygen atoms in total. The molecule has 0 bridgehead atoms. The predicted octanol–water partition coefficient (Wildman–Crippen LogP) is 4.67. The maximum atomic E-state index is 13.7. The molecule has 164 valence electrons. The number of rotatable bonds is 8. The van der Waals surface area contributed by atoms with Crippen molar-refractivity contribution in [3.63, 3.8) is 0 Å². The Hall–Kier alpha value is -3.36. The van der Waals surface area contributed by atoms with Crippen LogP contribution < -0.4 is 4.74 Å². The second kappa shape index (κ2) is 9.20. The maximum Gasteiger partial charge on any atom is 0.435 e. The quantitative estimate of drug-likeness (QED) is 0.381. The predicted molar refractivity (Wildman–Crippen MR) is 106 cm³/mol. The number of esters is 1. The zero-order valence-electron chi connectivity index (χ0n) is 17.0. The smallest absolute Gasteiger partial charge is 0.435 e. The van der Waals surface area contributed by atoms with Crippen molar-refractivity contribution in [2.24, 2.45) is 0 Å². The van der Waals surface area contributed by atoms with Gasteiger partial charge in [0.1, 0.15) is 5.69 Å². The first kappa shape index (κ1) is 22.3. The van der Waals surface area contributed by atoms with Crippen LogP contribution in [0.4, 0.5) is 13.2 Å². The number of imidazole rings is 1. The summed E-state index contributed by atoms with van der Waals surface area (Å²) in [6, 6.07) is 11.6. The van der Waals surface area contributed by atoms with E-state index < -0.39 is 35.2 Å². The molecule has 0 N–H and O–H groups in total. The molecule has 0 radical (unpaired) electrons. The molecule has 3 aromatic rings. The van der Waals surface area contributed by atoms with Crippen molar-refractivity contribution >= 4 is 17.4 Å². The molecule has 1 aromatic carbocycles. The van der Waals surface area contributed by atoms with E-state index in [2.05, 4.69) is 4.98 Å². The van der Waals surface area contributed by atoms with E-state index in [9.17, 15) is 22.8 Å². The zero-order chi connectivity index (χ0) is 22.6. The lowest BCUT2D eigenvalue weighted by molar-refractivity contribution is -0.142. The molecule has 0 fully saturated rings. The highest BCUT2D eigenvalue weighted by molar-refractivity contribution is 5.97. The van der Waals surface area contributed by atoms with Gasteiger partial charge in [0, 0.05) is 18.5 Å². The molecule has 0 spiro atoms. The largest absolute Gasteiger partial charge is 0.490 e. The molecule has 0 aliphatic heterocycles. The van der Waals surface area contributed by atoms with Crippen molar-refractivity contribution in [1.82, 2.24) is 9.38 Å². The van der Waals surface area contributed by atoms with Crippen LogP contribution in [0.5, 0.6) is 5.75 Å². The summed E-state index contributed by atoms with van der Waals surface area (Å²) in [7, 11) is 1.22. The molecule has 1 atom stereocenters. The van der Waals surface area contributed by atoms with E-state index >= 15 is 0 Å². The summed E-state index contributed by atoms with van der Waals surface area (Å²) >= 11 is 0. The molecular formula is C22H21F3N2O4. The van der Waals surface area contributed by atoms with Crippen LogP contribution in [-0.2, 0) is 15.7 Å². The number of fused-ring (bicyclic) bond motifs is 1. The third kappa shape index (κ3) is 4.87. The zero-order valence-corrected chi connectivity index (χ0v) is 17.0. The number of aromatic nitrogens is 2. The lowest BCUT2D eigenvalue weighted by Crippen LogP contribution is -2.18. The van der Waals surface area contributed by atoms with E-state index in [1.807, 2.05) is 0 Å². The third-order valence-corrected chi connectivity index (χ3v) is 4.79. The number of alkyl halides is 3. The van der Waals surface area contributed by atoms with Gasteiger partial charge in [-0.2, -0.15) is 13.2 Å². The highest BCUT2D eigenvalue weighted by Gasteiger charge is 2.41. The van der Waals surface area contributed by atoms with Crippen molar-refractivity contribution in [3.8, 4) is 5.75 Å². The Morgan fingerprint density at radius 1 is 1.10 bits per heavy atom. The van der Waals surface area contributed by atoms with Gasteiger partial charge in [-0.05, 0) is 24.6 Å².